The summed E-state index contributed by atoms with van der Waals surface area (Å²) in [5, 5.41) is 0. The third kappa shape index (κ3) is 2.82. The van der Waals surface area contributed by atoms with Gasteiger partial charge in [-0.1, -0.05) is 18.2 Å². The maximum absolute atomic E-state index is 11.7. The zero-order valence-electron chi connectivity index (χ0n) is 9.07. The van der Waals surface area contributed by atoms with Crippen molar-refractivity contribution in [2.45, 2.75) is 19.3 Å². The first-order chi connectivity index (χ1) is 7.86. The molecule has 84 valence electrons. The molecule has 0 bridgehead atoms. The number of rotatable bonds is 1. The van der Waals surface area contributed by atoms with Crippen LogP contribution in [0.2, 0.25) is 0 Å². The van der Waals surface area contributed by atoms with Gasteiger partial charge in [0, 0.05) is 18.5 Å². The van der Waals surface area contributed by atoms with Crippen LogP contribution in [-0.2, 0) is 0 Å². The Labute approximate surface area is 94.7 Å². The van der Waals surface area contributed by atoms with E-state index in [1.54, 1.807) is 12.1 Å². The Morgan fingerprint density at radius 3 is 2.69 bits per heavy atom. The van der Waals surface area contributed by atoms with Gasteiger partial charge in [-0.3, -0.25) is 20.6 Å². The smallest absolute Gasteiger partial charge is 0.269 e. The lowest BCUT2D eigenvalue weighted by Crippen LogP contribution is -2.42. The van der Waals surface area contributed by atoms with Gasteiger partial charge in [-0.15, -0.1) is 0 Å². The second kappa shape index (κ2) is 5.30. The number of hydrogen-bond donors (Lipinski definition) is 2. The van der Waals surface area contributed by atoms with Crippen molar-refractivity contribution in [2.24, 2.45) is 4.99 Å². The molecular formula is C12H15N3O. The van der Waals surface area contributed by atoms with E-state index in [2.05, 4.69) is 15.8 Å². The van der Waals surface area contributed by atoms with Crippen molar-refractivity contribution in [1.29, 1.82) is 0 Å². The molecule has 0 saturated carbocycles. The summed E-state index contributed by atoms with van der Waals surface area (Å²) in [5.74, 6) is 0.740. The van der Waals surface area contributed by atoms with E-state index >= 15 is 0 Å². The van der Waals surface area contributed by atoms with Crippen molar-refractivity contribution in [1.82, 2.24) is 10.9 Å². The second-order valence-corrected chi connectivity index (χ2v) is 3.73. The molecule has 0 aromatic heterocycles. The average molecular weight is 217 g/mol. The number of carbonyl (C=O) groups is 1. The summed E-state index contributed by atoms with van der Waals surface area (Å²) in [6.45, 7) is 0.851. The Hall–Kier alpha value is -1.84. The summed E-state index contributed by atoms with van der Waals surface area (Å²) in [6, 6.07) is 9.12. The van der Waals surface area contributed by atoms with E-state index < -0.39 is 0 Å². The van der Waals surface area contributed by atoms with Gasteiger partial charge in [-0.25, -0.2) is 0 Å². The monoisotopic (exact) mass is 217 g/mol. The summed E-state index contributed by atoms with van der Waals surface area (Å²) in [5.41, 5.74) is 6.16. The molecule has 0 fully saturated rings. The summed E-state index contributed by atoms with van der Waals surface area (Å²) >= 11 is 0. The molecule has 0 spiro atoms. The maximum atomic E-state index is 11.7. The molecule has 4 nitrogen and oxygen atoms in total. The van der Waals surface area contributed by atoms with Crippen LogP contribution in [0.15, 0.2) is 35.3 Å². The summed E-state index contributed by atoms with van der Waals surface area (Å²) < 4.78 is 0. The van der Waals surface area contributed by atoms with Gasteiger partial charge in [-0.05, 0) is 25.0 Å². The molecule has 0 radical (unpaired) electrons. The van der Waals surface area contributed by atoms with Crippen LogP contribution in [0.5, 0.6) is 0 Å². The lowest BCUT2D eigenvalue weighted by atomic mass is 10.2. The molecule has 2 N–H and O–H groups in total. The quantitative estimate of drug-likeness (QED) is 0.700. The standard InChI is InChI=1S/C12H15N3O/c16-12(10-6-2-1-3-7-10)15-14-11-8-4-5-9-13-11/h1-3,6-7H,4-5,8-9H2,(H,13,14)(H,15,16). The number of amides is 1. The van der Waals surface area contributed by atoms with E-state index in [9.17, 15) is 4.79 Å². The molecule has 0 atom stereocenters. The fourth-order valence-corrected chi connectivity index (χ4v) is 1.59. The van der Waals surface area contributed by atoms with Gasteiger partial charge in [0.1, 0.15) is 5.84 Å². The molecule has 1 aliphatic rings. The largest absolute Gasteiger partial charge is 0.285 e. The fraction of sp³-hybridized carbons (Fsp3) is 0.333. The predicted octanol–water partition coefficient (Wildman–Crippen LogP) is 1.50. The third-order valence-corrected chi connectivity index (χ3v) is 2.48. The molecule has 4 heteroatoms. The van der Waals surface area contributed by atoms with Crippen molar-refractivity contribution in [3.05, 3.63) is 35.9 Å². The Kier molecular flexibility index (Phi) is 3.53. The molecule has 0 aliphatic carbocycles. The van der Waals surface area contributed by atoms with Crippen LogP contribution in [0.4, 0.5) is 0 Å². The highest BCUT2D eigenvalue weighted by molar-refractivity contribution is 5.95. The van der Waals surface area contributed by atoms with Crippen LogP contribution in [0, 0.1) is 0 Å². The van der Waals surface area contributed by atoms with E-state index in [1.807, 2.05) is 18.2 Å². The molecule has 0 saturated heterocycles. The van der Waals surface area contributed by atoms with E-state index in [0.29, 0.717) is 5.56 Å². The number of hydrogen-bond acceptors (Lipinski definition) is 3. The molecule has 1 aliphatic heterocycles. The van der Waals surface area contributed by atoms with E-state index in [4.69, 9.17) is 0 Å². The van der Waals surface area contributed by atoms with E-state index in [-0.39, 0.29) is 5.91 Å². The number of carbonyl (C=O) groups excluding carboxylic acids is 1. The number of nitrogens with zero attached hydrogens (tertiary/aromatic N) is 1. The molecule has 1 aromatic carbocycles. The zero-order valence-corrected chi connectivity index (χ0v) is 9.07. The average Bonchev–Trinajstić information content (AvgIpc) is 2.38. The van der Waals surface area contributed by atoms with Gasteiger partial charge in [0.05, 0.1) is 0 Å². The van der Waals surface area contributed by atoms with Crippen LogP contribution < -0.4 is 10.9 Å². The molecule has 1 amide bonds. The van der Waals surface area contributed by atoms with E-state index in [0.717, 1.165) is 31.6 Å². The first-order valence-corrected chi connectivity index (χ1v) is 5.51. The normalized spacial score (nSPS) is 15.1. The summed E-state index contributed by atoms with van der Waals surface area (Å²) in [4.78, 5) is 15.9. The predicted molar refractivity (Wildman–Crippen MR) is 63.2 cm³/mol. The van der Waals surface area contributed by atoms with Gasteiger partial charge < -0.3 is 0 Å². The van der Waals surface area contributed by atoms with Crippen LogP contribution in [0.3, 0.4) is 0 Å². The topological polar surface area (TPSA) is 53.5 Å². The molecule has 1 aromatic rings. The van der Waals surface area contributed by atoms with Crippen molar-refractivity contribution < 1.29 is 4.79 Å². The zero-order chi connectivity index (χ0) is 11.2. The SMILES string of the molecule is O=C(NNC1=NCCCC1)c1ccccc1. The Bertz CT molecular complexity index is 387. The van der Waals surface area contributed by atoms with Gasteiger partial charge in [-0.2, -0.15) is 0 Å². The van der Waals surface area contributed by atoms with Gasteiger partial charge in [0.15, 0.2) is 0 Å². The Morgan fingerprint density at radius 2 is 2.00 bits per heavy atom. The van der Waals surface area contributed by atoms with Crippen LogP contribution in [0.25, 0.3) is 0 Å². The van der Waals surface area contributed by atoms with Crippen molar-refractivity contribution in [3.63, 3.8) is 0 Å². The molecular weight excluding hydrogens is 202 g/mol. The maximum Gasteiger partial charge on any atom is 0.269 e. The van der Waals surface area contributed by atoms with E-state index in [1.165, 1.54) is 0 Å². The lowest BCUT2D eigenvalue weighted by molar-refractivity contribution is 0.0943. The first kappa shape index (κ1) is 10.7. The first-order valence-electron chi connectivity index (χ1n) is 5.51. The molecule has 0 unspecified atom stereocenters. The summed E-state index contributed by atoms with van der Waals surface area (Å²) in [6.07, 6.45) is 3.18. The number of benzene rings is 1. The minimum absolute atomic E-state index is 0.131. The minimum Gasteiger partial charge on any atom is -0.285 e. The third-order valence-electron chi connectivity index (χ3n) is 2.48. The number of nitrogens with one attached hydrogen (secondary N) is 2. The number of aliphatic imine (C=N–C) groups is 1. The van der Waals surface area contributed by atoms with Gasteiger partial charge >= 0.3 is 0 Å². The Morgan fingerprint density at radius 1 is 1.19 bits per heavy atom. The molecule has 2 rings (SSSR count). The van der Waals surface area contributed by atoms with Crippen molar-refractivity contribution >= 4 is 11.7 Å². The lowest BCUT2D eigenvalue weighted by Gasteiger charge is -2.14. The van der Waals surface area contributed by atoms with Gasteiger partial charge in [0.2, 0.25) is 0 Å². The van der Waals surface area contributed by atoms with Crippen molar-refractivity contribution in [2.75, 3.05) is 6.54 Å². The van der Waals surface area contributed by atoms with Crippen molar-refractivity contribution in [3.8, 4) is 0 Å². The van der Waals surface area contributed by atoms with Gasteiger partial charge in [0.25, 0.3) is 5.91 Å². The molecule has 1 heterocycles. The highest BCUT2D eigenvalue weighted by Crippen LogP contribution is 2.03. The Balaban J connectivity index is 1.86. The number of hydrazine groups is 1. The molecule has 16 heavy (non-hydrogen) atoms. The van der Waals surface area contributed by atoms with Crippen LogP contribution in [0.1, 0.15) is 29.6 Å². The highest BCUT2D eigenvalue weighted by atomic mass is 16.2. The minimum atomic E-state index is -0.131. The number of amidine groups is 1. The van der Waals surface area contributed by atoms with Crippen LogP contribution in [-0.4, -0.2) is 18.3 Å². The fourth-order valence-electron chi connectivity index (χ4n) is 1.59. The summed E-state index contributed by atoms with van der Waals surface area (Å²) in [7, 11) is 0. The van der Waals surface area contributed by atoms with Crippen LogP contribution >= 0.6 is 0 Å². The second-order valence-electron chi connectivity index (χ2n) is 3.73. The highest BCUT2D eigenvalue weighted by Gasteiger charge is 2.07.